The molecule has 13 heteroatoms. The summed E-state index contributed by atoms with van der Waals surface area (Å²) in [6, 6.07) is 5.50. The van der Waals surface area contributed by atoms with Gasteiger partial charge in [-0.05, 0) is 12.1 Å². The second-order valence-corrected chi connectivity index (χ2v) is 7.33. The number of nitrogens with one attached hydrogen (secondary N) is 1. The summed E-state index contributed by atoms with van der Waals surface area (Å²) in [5.74, 6) is 0.808. The number of aliphatic hydroxyl groups excluding tert-OH is 1. The van der Waals surface area contributed by atoms with Gasteiger partial charge < -0.3 is 24.0 Å². The Morgan fingerprint density at radius 1 is 1.28 bits per heavy atom. The van der Waals surface area contributed by atoms with E-state index in [-0.39, 0.29) is 30.0 Å². The number of aryl methyl sites for hydroxylation is 1. The Morgan fingerprint density at radius 3 is 2.62 bits per heavy atom. The maximum atomic E-state index is 12.6. The van der Waals surface area contributed by atoms with E-state index in [4.69, 9.17) is 9.47 Å². The Bertz CT molecular complexity index is 1240. The number of fused-ring (bicyclic) bond motifs is 1. The molecular weight excluding hydrogens is 424 g/mol. The number of benzene rings is 1. The number of nitro benzene ring substituents is 1. The molecular formula is C19H22N6O7. The second kappa shape index (κ2) is 8.80. The maximum absolute atomic E-state index is 12.6. The molecule has 2 aromatic heterocycles. The van der Waals surface area contributed by atoms with E-state index in [1.54, 1.807) is 4.57 Å². The molecule has 1 aliphatic heterocycles. The normalized spacial score (nSPS) is 15.1. The molecule has 1 aromatic carbocycles. The lowest BCUT2D eigenvalue weighted by molar-refractivity contribution is -0.384. The van der Waals surface area contributed by atoms with Crippen molar-refractivity contribution in [2.75, 3.05) is 37.8 Å². The van der Waals surface area contributed by atoms with Gasteiger partial charge in [-0.15, -0.1) is 0 Å². The number of imidazole rings is 1. The third-order valence-electron chi connectivity index (χ3n) is 5.16. The van der Waals surface area contributed by atoms with Crippen LogP contribution in [0.1, 0.15) is 0 Å². The van der Waals surface area contributed by atoms with E-state index in [2.05, 4.69) is 9.97 Å². The molecule has 4 rings (SSSR count). The van der Waals surface area contributed by atoms with Crippen LogP contribution < -0.4 is 20.9 Å². The monoisotopic (exact) mass is 446 g/mol. The molecule has 0 spiro atoms. The first-order chi connectivity index (χ1) is 15.3. The van der Waals surface area contributed by atoms with Crippen LogP contribution in [-0.4, -0.2) is 68.1 Å². The fourth-order valence-corrected chi connectivity index (χ4v) is 3.52. The molecule has 3 heterocycles. The summed E-state index contributed by atoms with van der Waals surface area (Å²) in [5, 5.41) is 21.4. The van der Waals surface area contributed by atoms with Gasteiger partial charge in [-0.25, -0.2) is 4.79 Å². The number of hydrogen-bond acceptors (Lipinski definition) is 9. The Morgan fingerprint density at radius 2 is 1.97 bits per heavy atom. The van der Waals surface area contributed by atoms with Gasteiger partial charge >= 0.3 is 5.69 Å². The number of anilines is 1. The zero-order valence-electron chi connectivity index (χ0n) is 17.3. The SMILES string of the molecule is Cn1c(=O)[nH]c(=O)c2c1nc(N1CCOCC1)n2C[C@@H](O)COc1ccc([N+](=O)[O-])cc1. The van der Waals surface area contributed by atoms with Gasteiger partial charge in [0, 0.05) is 32.3 Å². The molecule has 0 amide bonds. The van der Waals surface area contributed by atoms with E-state index >= 15 is 0 Å². The maximum Gasteiger partial charge on any atom is 0.329 e. The lowest BCUT2D eigenvalue weighted by Gasteiger charge is -2.28. The molecule has 0 radical (unpaired) electrons. The zero-order chi connectivity index (χ0) is 22.8. The van der Waals surface area contributed by atoms with Gasteiger partial charge in [0.2, 0.25) is 5.95 Å². The first-order valence-electron chi connectivity index (χ1n) is 9.92. The fraction of sp³-hybridized carbons (Fsp3) is 0.421. The van der Waals surface area contributed by atoms with Gasteiger partial charge in [0.25, 0.3) is 11.2 Å². The van der Waals surface area contributed by atoms with Crippen molar-refractivity contribution in [3.05, 3.63) is 55.2 Å². The van der Waals surface area contributed by atoms with E-state index in [9.17, 15) is 24.8 Å². The molecule has 0 saturated carbocycles. The van der Waals surface area contributed by atoms with Crippen LogP contribution in [0.15, 0.2) is 33.9 Å². The summed E-state index contributed by atoms with van der Waals surface area (Å²) >= 11 is 0. The number of nitro groups is 1. The quantitative estimate of drug-likeness (QED) is 0.364. The van der Waals surface area contributed by atoms with Crippen molar-refractivity contribution in [2.24, 2.45) is 7.05 Å². The second-order valence-electron chi connectivity index (χ2n) is 7.33. The topological polar surface area (TPSA) is 158 Å². The van der Waals surface area contributed by atoms with Crippen LogP contribution >= 0.6 is 0 Å². The molecule has 1 fully saturated rings. The zero-order valence-corrected chi connectivity index (χ0v) is 17.3. The summed E-state index contributed by atoms with van der Waals surface area (Å²) in [5.41, 5.74) is -0.865. The number of H-pyrrole nitrogens is 1. The third kappa shape index (κ3) is 4.20. The van der Waals surface area contributed by atoms with Crippen molar-refractivity contribution in [3.8, 4) is 5.75 Å². The van der Waals surface area contributed by atoms with Gasteiger partial charge in [0.05, 0.1) is 24.7 Å². The van der Waals surface area contributed by atoms with E-state index in [1.807, 2.05) is 4.90 Å². The average Bonchev–Trinajstić information content (AvgIpc) is 3.17. The summed E-state index contributed by atoms with van der Waals surface area (Å²) in [6.45, 7) is 1.94. The number of aromatic amines is 1. The van der Waals surface area contributed by atoms with Crippen LogP contribution in [0.2, 0.25) is 0 Å². The van der Waals surface area contributed by atoms with E-state index in [0.717, 1.165) is 0 Å². The minimum absolute atomic E-state index is 0.0164. The molecule has 1 aliphatic rings. The lowest BCUT2D eigenvalue weighted by atomic mass is 10.3. The summed E-state index contributed by atoms with van der Waals surface area (Å²) < 4.78 is 13.7. The largest absolute Gasteiger partial charge is 0.491 e. The number of ether oxygens (including phenoxy) is 2. The van der Waals surface area contributed by atoms with E-state index in [1.165, 1.54) is 35.9 Å². The fourth-order valence-electron chi connectivity index (χ4n) is 3.52. The van der Waals surface area contributed by atoms with Gasteiger partial charge in [0.15, 0.2) is 11.2 Å². The van der Waals surface area contributed by atoms with Crippen LogP contribution in [0.3, 0.4) is 0 Å². The van der Waals surface area contributed by atoms with Gasteiger partial charge in [0.1, 0.15) is 18.5 Å². The van der Waals surface area contributed by atoms with Crippen LogP contribution in [-0.2, 0) is 18.3 Å². The van der Waals surface area contributed by atoms with Gasteiger partial charge in [-0.3, -0.25) is 24.5 Å². The molecule has 0 aliphatic carbocycles. The Balaban J connectivity index is 1.60. The van der Waals surface area contributed by atoms with Crippen molar-refractivity contribution >= 4 is 22.8 Å². The number of non-ortho nitro benzene ring substituents is 1. The van der Waals surface area contributed by atoms with E-state index < -0.39 is 22.3 Å². The van der Waals surface area contributed by atoms with Crippen LogP contribution in [0.5, 0.6) is 5.75 Å². The Kier molecular flexibility index (Phi) is 5.92. The first-order valence-corrected chi connectivity index (χ1v) is 9.92. The Labute approximate surface area is 180 Å². The van der Waals surface area contributed by atoms with Gasteiger partial charge in [-0.1, -0.05) is 0 Å². The van der Waals surface area contributed by atoms with Crippen molar-refractivity contribution in [1.82, 2.24) is 19.1 Å². The lowest BCUT2D eigenvalue weighted by Crippen LogP contribution is -2.39. The number of aromatic nitrogens is 4. The summed E-state index contributed by atoms with van der Waals surface area (Å²) in [6.07, 6.45) is -1.03. The highest BCUT2D eigenvalue weighted by Crippen LogP contribution is 2.22. The van der Waals surface area contributed by atoms with Crippen molar-refractivity contribution in [1.29, 1.82) is 0 Å². The number of rotatable bonds is 7. The number of aliphatic hydroxyl groups is 1. The van der Waals surface area contributed by atoms with Crippen LogP contribution in [0, 0.1) is 10.1 Å². The average molecular weight is 446 g/mol. The standard InChI is InChI=1S/C19H22N6O7/c1-22-16-15(17(27)21-19(22)28)24(18(20-16)23-6-8-31-9-7-23)10-13(26)11-32-14-4-2-12(3-5-14)25(29)30/h2-5,13,26H,6-11H2,1H3,(H,21,27,28)/t13-/m1/s1. The van der Waals surface area contributed by atoms with Crippen molar-refractivity contribution in [2.45, 2.75) is 12.6 Å². The van der Waals surface area contributed by atoms with Crippen LogP contribution in [0.4, 0.5) is 11.6 Å². The van der Waals surface area contributed by atoms with E-state index in [0.29, 0.717) is 38.0 Å². The smallest absolute Gasteiger partial charge is 0.329 e. The number of nitrogens with zero attached hydrogens (tertiary/aromatic N) is 5. The molecule has 2 N–H and O–H groups in total. The number of morpholine rings is 1. The summed E-state index contributed by atoms with van der Waals surface area (Å²) in [4.78, 5) is 43.5. The predicted molar refractivity (Wildman–Crippen MR) is 113 cm³/mol. The molecule has 1 saturated heterocycles. The molecule has 32 heavy (non-hydrogen) atoms. The van der Waals surface area contributed by atoms with Crippen molar-refractivity contribution in [3.63, 3.8) is 0 Å². The predicted octanol–water partition coefficient (Wildman–Crippen LogP) is -0.392. The highest BCUT2D eigenvalue weighted by molar-refractivity contribution is 5.74. The Hall–Kier alpha value is -3.71. The minimum Gasteiger partial charge on any atom is -0.491 e. The van der Waals surface area contributed by atoms with Crippen LogP contribution in [0.25, 0.3) is 11.2 Å². The molecule has 13 nitrogen and oxygen atoms in total. The van der Waals surface area contributed by atoms with Gasteiger partial charge in [-0.2, -0.15) is 4.98 Å². The number of hydrogen-bond donors (Lipinski definition) is 2. The first kappa shape index (κ1) is 21.5. The third-order valence-corrected chi connectivity index (χ3v) is 5.16. The molecule has 0 unspecified atom stereocenters. The molecule has 3 aromatic rings. The summed E-state index contributed by atoms with van der Waals surface area (Å²) in [7, 11) is 1.51. The highest BCUT2D eigenvalue weighted by atomic mass is 16.6. The minimum atomic E-state index is -1.03. The molecule has 170 valence electrons. The molecule has 0 bridgehead atoms. The molecule has 1 atom stereocenters. The highest BCUT2D eigenvalue weighted by Gasteiger charge is 2.24. The van der Waals surface area contributed by atoms with Crippen molar-refractivity contribution < 1.29 is 19.5 Å².